The summed E-state index contributed by atoms with van der Waals surface area (Å²) in [6.45, 7) is 0. The number of fused-ring (bicyclic) bond motifs is 1. The summed E-state index contributed by atoms with van der Waals surface area (Å²) in [6, 6.07) is 7.04. The molecule has 0 aliphatic heterocycles. The van der Waals surface area contributed by atoms with Crippen molar-refractivity contribution in [2.45, 2.75) is 0 Å². The van der Waals surface area contributed by atoms with E-state index < -0.39 is 16.6 Å². The van der Waals surface area contributed by atoms with Crippen molar-refractivity contribution >= 4 is 22.4 Å². The molecule has 0 aliphatic carbocycles. The number of carbonyl (C=O) groups excluding carboxylic acids is 1. The van der Waals surface area contributed by atoms with E-state index in [4.69, 9.17) is 0 Å². The predicted octanol–water partition coefficient (Wildman–Crippen LogP) is 2.24. The highest BCUT2D eigenvalue weighted by Crippen LogP contribution is 2.34. The van der Waals surface area contributed by atoms with Gasteiger partial charge in [0.2, 0.25) is 0 Å². The van der Waals surface area contributed by atoms with Crippen molar-refractivity contribution in [2.75, 3.05) is 7.11 Å². The maximum atomic E-state index is 11.3. The van der Waals surface area contributed by atoms with E-state index in [0.717, 1.165) is 0 Å². The van der Waals surface area contributed by atoms with Crippen LogP contribution in [0.25, 0.3) is 10.8 Å². The summed E-state index contributed by atoms with van der Waals surface area (Å²) in [5.41, 5.74) is -0.0751. The van der Waals surface area contributed by atoms with Crippen LogP contribution in [0.5, 0.6) is 5.75 Å². The molecule has 6 nitrogen and oxygen atoms in total. The lowest BCUT2D eigenvalue weighted by Gasteiger charge is -2.04. The van der Waals surface area contributed by atoms with E-state index in [-0.39, 0.29) is 11.1 Å². The lowest BCUT2D eigenvalue weighted by molar-refractivity contribution is -0.384. The normalized spacial score (nSPS) is 10.3. The fourth-order valence-electron chi connectivity index (χ4n) is 1.74. The number of hydrogen-bond acceptors (Lipinski definition) is 5. The molecular formula is C12H9NO5. The van der Waals surface area contributed by atoms with Gasteiger partial charge in [-0.3, -0.25) is 10.1 Å². The zero-order valence-electron chi connectivity index (χ0n) is 9.41. The van der Waals surface area contributed by atoms with Gasteiger partial charge in [0.25, 0.3) is 0 Å². The second kappa shape index (κ2) is 4.33. The third kappa shape index (κ3) is 1.84. The number of phenolic OH excluding ortho intramolecular Hbond substituents is 1. The first-order chi connectivity index (χ1) is 8.54. The van der Waals surface area contributed by atoms with Gasteiger partial charge in [0, 0.05) is 0 Å². The van der Waals surface area contributed by atoms with Gasteiger partial charge in [-0.15, -0.1) is 0 Å². The molecule has 0 heterocycles. The number of phenols is 1. The Balaban J connectivity index is 2.71. The lowest BCUT2D eigenvalue weighted by atomic mass is 10.0. The fraction of sp³-hybridized carbons (Fsp3) is 0.0833. The number of rotatable bonds is 2. The Morgan fingerprint density at radius 3 is 2.67 bits per heavy atom. The molecule has 2 aromatic carbocycles. The Hall–Kier alpha value is -2.63. The number of methoxy groups -OCH3 is 1. The molecule has 0 spiro atoms. The number of ether oxygens (including phenoxy) is 1. The summed E-state index contributed by atoms with van der Waals surface area (Å²) in [5, 5.41) is 21.1. The van der Waals surface area contributed by atoms with Crippen molar-refractivity contribution in [3.05, 3.63) is 46.0 Å². The highest BCUT2D eigenvalue weighted by atomic mass is 16.6. The van der Waals surface area contributed by atoms with Crippen molar-refractivity contribution in [1.29, 1.82) is 0 Å². The van der Waals surface area contributed by atoms with E-state index in [1.165, 1.54) is 37.4 Å². The van der Waals surface area contributed by atoms with Gasteiger partial charge in [-0.1, -0.05) is 6.07 Å². The molecule has 0 aromatic heterocycles. The molecule has 18 heavy (non-hydrogen) atoms. The van der Waals surface area contributed by atoms with Gasteiger partial charge in [-0.25, -0.2) is 4.79 Å². The lowest BCUT2D eigenvalue weighted by Crippen LogP contribution is -2.00. The summed E-state index contributed by atoms with van der Waals surface area (Å²) in [7, 11) is 1.26. The third-order valence-electron chi connectivity index (χ3n) is 2.57. The van der Waals surface area contributed by atoms with Crippen molar-refractivity contribution in [2.24, 2.45) is 0 Å². The summed E-state index contributed by atoms with van der Waals surface area (Å²) >= 11 is 0. The van der Waals surface area contributed by atoms with Gasteiger partial charge in [0.15, 0.2) is 5.75 Å². The van der Waals surface area contributed by atoms with Gasteiger partial charge < -0.3 is 9.84 Å². The van der Waals surface area contributed by atoms with Crippen molar-refractivity contribution < 1.29 is 19.6 Å². The number of esters is 1. The van der Waals surface area contributed by atoms with Crippen LogP contribution < -0.4 is 0 Å². The first-order valence-electron chi connectivity index (χ1n) is 5.03. The number of nitro benzene ring substituents is 1. The van der Waals surface area contributed by atoms with E-state index >= 15 is 0 Å². The number of aromatic hydroxyl groups is 1. The van der Waals surface area contributed by atoms with Gasteiger partial charge >= 0.3 is 11.7 Å². The van der Waals surface area contributed by atoms with Crippen LogP contribution in [-0.4, -0.2) is 23.1 Å². The average molecular weight is 247 g/mol. The molecule has 0 atom stereocenters. The Labute approximate surface area is 102 Å². The topological polar surface area (TPSA) is 89.7 Å². The summed E-state index contributed by atoms with van der Waals surface area (Å²) in [6.07, 6.45) is 0. The van der Waals surface area contributed by atoms with E-state index in [1.807, 2.05) is 0 Å². The van der Waals surface area contributed by atoms with Gasteiger partial charge in [0.05, 0.1) is 23.0 Å². The monoisotopic (exact) mass is 247 g/mol. The largest absolute Gasteiger partial charge is 0.502 e. The Morgan fingerprint density at radius 1 is 1.33 bits per heavy atom. The molecule has 6 heteroatoms. The van der Waals surface area contributed by atoms with Crippen molar-refractivity contribution in [1.82, 2.24) is 0 Å². The molecule has 0 saturated heterocycles. The summed E-state index contributed by atoms with van der Waals surface area (Å²) < 4.78 is 4.56. The van der Waals surface area contributed by atoms with Gasteiger partial charge in [-0.05, 0) is 29.7 Å². The number of nitrogens with zero attached hydrogens (tertiary/aromatic N) is 1. The van der Waals surface area contributed by atoms with E-state index in [2.05, 4.69) is 4.74 Å². The van der Waals surface area contributed by atoms with Gasteiger partial charge in [-0.2, -0.15) is 0 Å². The van der Waals surface area contributed by atoms with Crippen LogP contribution in [0.1, 0.15) is 10.4 Å². The molecule has 92 valence electrons. The first-order valence-corrected chi connectivity index (χ1v) is 5.03. The van der Waals surface area contributed by atoms with E-state index in [9.17, 15) is 20.0 Å². The van der Waals surface area contributed by atoms with Crippen LogP contribution in [0.2, 0.25) is 0 Å². The Morgan fingerprint density at radius 2 is 2.06 bits per heavy atom. The molecule has 0 saturated carbocycles. The minimum Gasteiger partial charge on any atom is -0.502 e. The molecule has 0 unspecified atom stereocenters. The SMILES string of the molecule is COC(=O)c1ccc2c([N+](=O)[O-])c(O)ccc2c1. The molecule has 0 fully saturated rings. The maximum Gasteiger partial charge on any atom is 0.337 e. The molecule has 0 bridgehead atoms. The molecule has 2 rings (SSSR count). The Kier molecular flexibility index (Phi) is 2.85. The van der Waals surface area contributed by atoms with Crippen molar-refractivity contribution in [3.63, 3.8) is 0 Å². The molecular weight excluding hydrogens is 238 g/mol. The summed E-state index contributed by atoms with van der Waals surface area (Å²) in [5.74, 6) is -0.925. The van der Waals surface area contributed by atoms with Crippen LogP contribution in [0.3, 0.4) is 0 Å². The quantitative estimate of drug-likeness (QED) is 0.499. The third-order valence-corrected chi connectivity index (χ3v) is 2.57. The zero-order valence-corrected chi connectivity index (χ0v) is 9.41. The number of hydrogen-bond donors (Lipinski definition) is 1. The maximum absolute atomic E-state index is 11.3. The standard InChI is InChI=1S/C12H9NO5/c1-18-12(15)8-2-4-9-7(6-8)3-5-10(14)11(9)13(16)17/h2-6,14H,1H3. The zero-order chi connectivity index (χ0) is 13.3. The first kappa shape index (κ1) is 11.8. The number of carbonyl (C=O) groups is 1. The molecule has 1 N–H and O–H groups in total. The second-order valence-corrected chi connectivity index (χ2v) is 3.62. The summed E-state index contributed by atoms with van der Waals surface area (Å²) in [4.78, 5) is 21.5. The molecule has 2 aromatic rings. The van der Waals surface area contributed by atoms with Crippen molar-refractivity contribution in [3.8, 4) is 5.75 Å². The average Bonchev–Trinajstić information content (AvgIpc) is 2.36. The minimum atomic E-state index is -0.657. The number of nitro groups is 1. The van der Waals surface area contributed by atoms with Gasteiger partial charge in [0.1, 0.15) is 0 Å². The Bertz CT molecular complexity index is 650. The van der Waals surface area contributed by atoms with Crippen LogP contribution in [-0.2, 0) is 4.74 Å². The predicted molar refractivity (Wildman–Crippen MR) is 63.6 cm³/mol. The van der Waals surface area contributed by atoms with E-state index in [0.29, 0.717) is 10.9 Å². The fourth-order valence-corrected chi connectivity index (χ4v) is 1.74. The van der Waals surface area contributed by atoms with Crippen LogP contribution in [0.4, 0.5) is 5.69 Å². The highest BCUT2D eigenvalue weighted by Gasteiger charge is 2.18. The molecule has 0 radical (unpaired) electrons. The smallest absolute Gasteiger partial charge is 0.337 e. The minimum absolute atomic E-state index is 0.271. The molecule has 0 amide bonds. The van der Waals surface area contributed by atoms with Crippen LogP contribution in [0.15, 0.2) is 30.3 Å². The second-order valence-electron chi connectivity index (χ2n) is 3.62. The van der Waals surface area contributed by atoms with E-state index in [1.54, 1.807) is 0 Å². The van der Waals surface area contributed by atoms with Crippen LogP contribution >= 0.6 is 0 Å². The van der Waals surface area contributed by atoms with Crippen LogP contribution in [0, 0.1) is 10.1 Å². The highest BCUT2D eigenvalue weighted by molar-refractivity contribution is 5.99. The number of benzene rings is 2. The molecule has 0 aliphatic rings.